The highest BCUT2D eigenvalue weighted by molar-refractivity contribution is 5.98. The number of fused-ring (bicyclic) bond motifs is 1. The van der Waals surface area contributed by atoms with Crippen molar-refractivity contribution in [2.24, 2.45) is 0 Å². The summed E-state index contributed by atoms with van der Waals surface area (Å²) in [4.78, 5) is 16.7. The van der Waals surface area contributed by atoms with Gasteiger partial charge in [0.05, 0.1) is 29.3 Å². The van der Waals surface area contributed by atoms with E-state index in [-0.39, 0.29) is 11.9 Å². The van der Waals surface area contributed by atoms with E-state index in [1.54, 1.807) is 0 Å². The second-order valence-corrected chi connectivity index (χ2v) is 5.05. The number of pyridine rings is 1. The molecular formula is C16H17N3O. The van der Waals surface area contributed by atoms with E-state index in [1.807, 2.05) is 51.1 Å². The van der Waals surface area contributed by atoms with Gasteiger partial charge in [-0.15, -0.1) is 0 Å². The van der Waals surface area contributed by atoms with E-state index < -0.39 is 0 Å². The molecule has 102 valence electrons. The highest BCUT2D eigenvalue weighted by Crippen LogP contribution is 2.18. The maximum absolute atomic E-state index is 12.2. The number of rotatable bonds is 3. The van der Waals surface area contributed by atoms with Crippen molar-refractivity contribution in [2.45, 2.75) is 33.2 Å². The van der Waals surface area contributed by atoms with Gasteiger partial charge in [-0.1, -0.05) is 11.6 Å². The fourth-order valence-corrected chi connectivity index (χ4v) is 2.11. The minimum atomic E-state index is -0.179. The number of hydrogen-bond donors (Lipinski definition) is 1. The molecule has 0 saturated carbocycles. The van der Waals surface area contributed by atoms with E-state index in [0.717, 1.165) is 16.5 Å². The number of carbonyl (C=O) groups excluding carboxylic acids is 1. The molecule has 2 rings (SSSR count). The van der Waals surface area contributed by atoms with Crippen molar-refractivity contribution in [1.29, 1.82) is 5.26 Å². The van der Waals surface area contributed by atoms with Gasteiger partial charge in [0.15, 0.2) is 0 Å². The first-order valence-corrected chi connectivity index (χ1v) is 6.57. The summed E-state index contributed by atoms with van der Waals surface area (Å²) >= 11 is 0. The van der Waals surface area contributed by atoms with E-state index >= 15 is 0 Å². The van der Waals surface area contributed by atoms with Gasteiger partial charge in [0, 0.05) is 11.4 Å². The van der Waals surface area contributed by atoms with Crippen LogP contribution in [0.1, 0.15) is 35.0 Å². The first-order valence-electron chi connectivity index (χ1n) is 6.57. The Morgan fingerprint density at radius 2 is 2.15 bits per heavy atom. The van der Waals surface area contributed by atoms with Crippen LogP contribution in [-0.4, -0.2) is 16.9 Å². The molecule has 20 heavy (non-hydrogen) atoms. The topological polar surface area (TPSA) is 65.8 Å². The van der Waals surface area contributed by atoms with E-state index in [1.165, 1.54) is 0 Å². The zero-order valence-electron chi connectivity index (χ0n) is 11.9. The van der Waals surface area contributed by atoms with Gasteiger partial charge in [-0.05, 0) is 39.0 Å². The minimum absolute atomic E-state index is 0.167. The van der Waals surface area contributed by atoms with Gasteiger partial charge >= 0.3 is 0 Å². The lowest BCUT2D eigenvalue weighted by Gasteiger charge is -2.12. The predicted octanol–water partition coefficient (Wildman–Crippen LogP) is 2.88. The summed E-state index contributed by atoms with van der Waals surface area (Å²) in [5, 5.41) is 12.4. The molecule has 0 spiro atoms. The molecule has 1 amide bonds. The van der Waals surface area contributed by atoms with Crippen molar-refractivity contribution in [1.82, 2.24) is 10.3 Å². The third-order valence-electron chi connectivity index (χ3n) is 3.18. The van der Waals surface area contributed by atoms with Crippen molar-refractivity contribution >= 4 is 16.8 Å². The Kier molecular flexibility index (Phi) is 3.99. The quantitative estimate of drug-likeness (QED) is 0.929. The molecule has 0 bridgehead atoms. The van der Waals surface area contributed by atoms with E-state index in [0.29, 0.717) is 17.7 Å². The smallest absolute Gasteiger partial charge is 0.253 e. The molecule has 1 aromatic carbocycles. The molecular weight excluding hydrogens is 250 g/mol. The zero-order chi connectivity index (χ0) is 14.7. The SMILES string of the molecule is Cc1ccc2nc(C)c(C(=O)NC(C)CC#N)cc2c1. The minimum Gasteiger partial charge on any atom is -0.348 e. The normalized spacial score (nSPS) is 11.9. The number of nitriles is 1. The third kappa shape index (κ3) is 2.94. The predicted molar refractivity (Wildman–Crippen MR) is 78.4 cm³/mol. The first-order chi connectivity index (χ1) is 9.51. The maximum Gasteiger partial charge on any atom is 0.253 e. The molecule has 0 saturated heterocycles. The van der Waals surface area contributed by atoms with Crippen molar-refractivity contribution in [3.05, 3.63) is 41.1 Å². The standard InChI is InChI=1S/C16H17N3O/c1-10-4-5-15-13(8-10)9-14(12(3)19-15)16(20)18-11(2)6-7-17/h4-5,8-9,11H,6H2,1-3H3,(H,18,20). The molecule has 0 aliphatic heterocycles. The molecule has 0 radical (unpaired) electrons. The van der Waals surface area contributed by atoms with Crippen LogP contribution >= 0.6 is 0 Å². The summed E-state index contributed by atoms with van der Waals surface area (Å²) in [6.45, 7) is 5.65. The van der Waals surface area contributed by atoms with Crippen molar-refractivity contribution in [3.8, 4) is 6.07 Å². The van der Waals surface area contributed by atoms with Crippen molar-refractivity contribution in [3.63, 3.8) is 0 Å². The van der Waals surface area contributed by atoms with Gasteiger partial charge in [0.25, 0.3) is 5.91 Å². The van der Waals surface area contributed by atoms with Gasteiger partial charge in [-0.2, -0.15) is 5.26 Å². The lowest BCUT2D eigenvalue weighted by atomic mass is 10.1. The van der Waals surface area contributed by atoms with Crippen LogP contribution in [0, 0.1) is 25.2 Å². The number of carbonyl (C=O) groups is 1. The second kappa shape index (κ2) is 5.70. The Morgan fingerprint density at radius 1 is 1.40 bits per heavy atom. The number of aromatic nitrogens is 1. The van der Waals surface area contributed by atoms with Gasteiger partial charge < -0.3 is 5.32 Å². The molecule has 2 aromatic rings. The number of benzene rings is 1. The van der Waals surface area contributed by atoms with Crippen molar-refractivity contribution in [2.75, 3.05) is 0 Å². The molecule has 0 aliphatic carbocycles. The largest absolute Gasteiger partial charge is 0.348 e. The molecule has 1 heterocycles. The molecule has 1 aromatic heterocycles. The number of aryl methyl sites for hydroxylation is 2. The molecule has 4 nitrogen and oxygen atoms in total. The Morgan fingerprint density at radius 3 is 2.85 bits per heavy atom. The second-order valence-electron chi connectivity index (χ2n) is 5.05. The van der Waals surface area contributed by atoms with Crippen LogP contribution in [0.2, 0.25) is 0 Å². The number of amides is 1. The van der Waals surface area contributed by atoms with Crippen LogP contribution in [0.25, 0.3) is 10.9 Å². The number of nitrogens with zero attached hydrogens (tertiary/aromatic N) is 2. The van der Waals surface area contributed by atoms with Crippen LogP contribution in [0.5, 0.6) is 0 Å². The summed E-state index contributed by atoms with van der Waals surface area (Å²) in [7, 11) is 0. The average molecular weight is 267 g/mol. The lowest BCUT2D eigenvalue weighted by molar-refractivity contribution is 0.0940. The third-order valence-corrected chi connectivity index (χ3v) is 3.18. The Bertz CT molecular complexity index is 701. The van der Waals surface area contributed by atoms with Crippen LogP contribution in [-0.2, 0) is 0 Å². The summed E-state index contributed by atoms with van der Waals surface area (Å²) in [5.74, 6) is -0.179. The summed E-state index contributed by atoms with van der Waals surface area (Å²) in [6.07, 6.45) is 0.297. The van der Waals surface area contributed by atoms with E-state index in [9.17, 15) is 4.79 Å². The first kappa shape index (κ1) is 14.0. The van der Waals surface area contributed by atoms with Gasteiger partial charge in [-0.3, -0.25) is 9.78 Å². The highest BCUT2D eigenvalue weighted by atomic mass is 16.1. The summed E-state index contributed by atoms with van der Waals surface area (Å²) in [5.41, 5.74) is 3.28. The fraction of sp³-hybridized carbons (Fsp3) is 0.312. The van der Waals surface area contributed by atoms with Gasteiger partial charge in [0.1, 0.15) is 0 Å². The van der Waals surface area contributed by atoms with Crippen LogP contribution in [0.4, 0.5) is 0 Å². The molecule has 1 N–H and O–H groups in total. The number of nitrogens with one attached hydrogen (secondary N) is 1. The van der Waals surface area contributed by atoms with Gasteiger partial charge in [0.2, 0.25) is 0 Å². The van der Waals surface area contributed by atoms with Crippen LogP contribution < -0.4 is 5.32 Å². The Hall–Kier alpha value is -2.41. The van der Waals surface area contributed by atoms with Crippen molar-refractivity contribution < 1.29 is 4.79 Å². The monoisotopic (exact) mass is 267 g/mol. The molecule has 4 heteroatoms. The molecule has 0 aliphatic rings. The summed E-state index contributed by atoms with van der Waals surface area (Å²) < 4.78 is 0. The Balaban J connectivity index is 2.36. The number of hydrogen-bond acceptors (Lipinski definition) is 3. The zero-order valence-corrected chi connectivity index (χ0v) is 11.9. The van der Waals surface area contributed by atoms with Crippen LogP contribution in [0.3, 0.4) is 0 Å². The van der Waals surface area contributed by atoms with E-state index in [4.69, 9.17) is 5.26 Å². The maximum atomic E-state index is 12.2. The fourth-order valence-electron chi connectivity index (χ4n) is 2.11. The van der Waals surface area contributed by atoms with E-state index in [2.05, 4.69) is 10.3 Å². The Labute approximate surface area is 118 Å². The highest BCUT2D eigenvalue weighted by Gasteiger charge is 2.14. The van der Waals surface area contributed by atoms with Gasteiger partial charge in [-0.25, -0.2) is 0 Å². The lowest BCUT2D eigenvalue weighted by Crippen LogP contribution is -2.32. The van der Waals surface area contributed by atoms with Crippen LogP contribution in [0.15, 0.2) is 24.3 Å². The average Bonchev–Trinajstić information content (AvgIpc) is 2.38. The molecule has 1 atom stereocenters. The summed E-state index contributed by atoms with van der Waals surface area (Å²) in [6, 6.07) is 9.71. The molecule has 1 unspecified atom stereocenters. The molecule has 0 fully saturated rings.